The first-order valence-electron chi connectivity index (χ1n) is 8.02. The van der Waals surface area contributed by atoms with E-state index in [4.69, 9.17) is 4.74 Å². The van der Waals surface area contributed by atoms with Gasteiger partial charge in [-0.1, -0.05) is 17.7 Å². The van der Waals surface area contributed by atoms with Crippen molar-refractivity contribution in [2.45, 2.75) is 38.9 Å². The zero-order valence-electron chi connectivity index (χ0n) is 14.2. The minimum absolute atomic E-state index is 0.122. The third-order valence-electron chi connectivity index (χ3n) is 4.12. The molecule has 1 heterocycles. The van der Waals surface area contributed by atoms with Gasteiger partial charge in [-0.25, -0.2) is 0 Å². The molecule has 1 aromatic carbocycles. The molecule has 2 rings (SSSR count). The summed E-state index contributed by atoms with van der Waals surface area (Å²) in [4.78, 5) is 24.6. The number of amides is 2. The van der Waals surface area contributed by atoms with Crippen LogP contribution >= 0.6 is 0 Å². The summed E-state index contributed by atoms with van der Waals surface area (Å²) < 4.78 is 42.2. The van der Waals surface area contributed by atoms with Gasteiger partial charge in [0, 0.05) is 19.1 Å². The molecule has 0 spiro atoms. The van der Waals surface area contributed by atoms with Gasteiger partial charge in [0.1, 0.15) is 5.75 Å². The molecule has 5 nitrogen and oxygen atoms in total. The van der Waals surface area contributed by atoms with Crippen LogP contribution in [0.1, 0.15) is 24.0 Å². The molecule has 1 aliphatic heterocycles. The molecule has 0 atom stereocenters. The van der Waals surface area contributed by atoms with Crippen LogP contribution in [0.25, 0.3) is 0 Å². The summed E-state index contributed by atoms with van der Waals surface area (Å²) in [5.74, 6) is -1.53. The number of hydrogen-bond donors (Lipinski definition) is 1. The number of aryl methyl sites for hydroxylation is 2. The predicted molar refractivity (Wildman–Crippen MR) is 85.2 cm³/mol. The average molecular weight is 358 g/mol. The molecule has 0 saturated carbocycles. The van der Waals surface area contributed by atoms with Crippen molar-refractivity contribution in [2.24, 2.45) is 0 Å². The largest absolute Gasteiger partial charge is 0.484 e. The van der Waals surface area contributed by atoms with Crippen LogP contribution in [0.15, 0.2) is 18.2 Å². The van der Waals surface area contributed by atoms with Crippen molar-refractivity contribution < 1.29 is 27.5 Å². The van der Waals surface area contributed by atoms with Crippen LogP contribution in [-0.4, -0.2) is 48.6 Å². The zero-order chi connectivity index (χ0) is 18.6. The third kappa shape index (κ3) is 5.37. The van der Waals surface area contributed by atoms with Gasteiger partial charge >= 0.3 is 12.1 Å². The smallest absolute Gasteiger partial charge is 0.471 e. The number of carbonyl (C=O) groups is 2. The molecule has 2 amide bonds. The second kappa shape index (κ2) is 7.76. The van der Waals surface area contributed by atoms with E-state index in [1.54, 1.807) is 11.0 Å². The van der Waals surface area contributed by atoms with Crippen molar-refractivity contribution >= 4 is 11.8 Å². The second-order valence-corrected chi connectivity index (χ2v) is 6.18. The lowest BCUT2D eigenvalue weighted by Crippen LogP contribution is -2.50. The quantitative estimate of drug-likeness (QED) is 0.899. The Kier molecular flexibility index (Phi) is 5.92. The second-order valence-electron chi connectivity index (χ2n) is 6.18. The van der Waals surface area contributed by atoms with Gasteiger partial charge in [-0.2, -0.15) is 13.2 Å². The number of carbonyl (C=O) groups excluding carboxylic acids is 2. The molecular formula is C17H21F3N2O3. The normalized spacial score (nSPS) is 15.8. The molecule has 25 heavy (non-hydrogen) atoms. The monoisotopic (exact) mass is 358 g/mol. The molecule has 1 aromatic rings. The third-order valence-corrected chi connectivity index (χ3v) is 4.12. The van der Waals surface area contributed by atoms with E-state index in [1.165, 1.54) is 0 Å². The molecule has 138 valence electrons. The maximum atomic E-state index is 12.2. The lowest BCUT2D eigenvalue weighted by atomic mass is 10.0. The Morgan fingerprint density at radius 1 is 1.24 bits per heavy atom. The van der Waals surface area contributed by atoms with Crippen molar-refractivity contribution in [2.75, 3.05) is 19.7 Å². The maximum absolute atomic E-state index is 12.2. The van der Waals surface area contributed by atoms with Crippen molar-refractivity contribution in [3.63, 3.8) is 0 Å². The fourth-order valence-electron chi connectivity index (χ4n) is 2.73. The number of nitrogens with zero attached hydrogens (tertiary/aromatic N) is 1. The van der Waals surface area contributed by atoms with Crippen molar-refractivity contribution in [1.82, 2.24) is 10.2 Å². The summed E-state index contributed by atoms with van der Waals surface area (Å²) in [6.07, 6.45) is -4.30. The van der Waals surface area contributed by atoms with Gasteiger partial charge < -0.3 is 15.0 Å². The van der Waals surface area contributed by atoms with Crippen LogP contribution in [0.2, 0.25) is 0 Å². The van der Waals surface area contributed by atoms with Crippen LogP contribution < -0.4 is 10.1 Å². The van der Waals surface area contributed by atoms with Crippen LogP contribution in [-0.2, 0) is 9.59 Å². The minimum Gasteiger partial charge on any atom is -0.484 e. The van der Waals surface area contributed by atoms with E-state index in [-0.39, 0.29) is 38.4 Å². The molecule has 1 fully saturated rings. The number of piperidine rings is 1. The molecule has 8 heteroatoms. The van der Waals surface area contributed by atoms with Crippen LogP contribution in [0.5, 0.6) is 5.75 Å². The number of hydrogen-bond acceptors (Lipinski definition) is 3. The highest BCUT2D eigenvalue weighted by atomic mass is 19.4. The summed E-state index contributed by atoms with van der Waals surface area (Å²) >= 11 is 0. The van der Waals surface area contributed by atoms with E-state index in [2.05, 4.69) is 0 Å². The lowest BCUT2D eigenvalue weighted by molar-refractivity contribution is -0.174. The Balaban J connectivity index is 1.78. The summed E-state index contributed by atoms with van der Waals surface area (Å²) in [7, 11) is 0. The van der Waals surface area contributed by atoms with Gasteiger partial charge in [-0.15, -0.1) is 0 Å². The standard InChI is InChI=1S/C17H21F3N2O3/c1-11-3-4-14(12(2)9-11)25-10-15(23)22-7-5-13(6-8-22)21-16(24)17(18,19)20/h3-4,9,13H,5-8,10H2,1-2H3,(H,21,24). The van der Waals surface area contributed by atoms with E-state index in [9.17, 15) is 22.8 Å². The lowest BCUT2D eigenvalue weighted by Gasteiger charge is -2.32. The predicted octanol–water partition coefficient (Wildman–Crippen LogP) is 2.35. The number of likely N-dealkylation sites (tertiary alicyclic amines) is 1. The Labute approximate surface area is 144 Å². The van der Waals surface area contributed by atoms with E-state index in [1.807, 2.05) is 31.3 Å². The number of alkyl halides is 3. The molecule has 0 unspecified atom stereocenters. The molecule has 0 radical (unpaired) electrons. The zero-order valence-corrected chi connectivity index (χ0v) is 14.2. The SMILES string of the molecule is Cc1ccc(OCC(=O)N2CCC(NC(=O)C(F)(F)F)CC2)c(C)c1. The van der Waals surface area contributed by atoms with Gasteiger partial charge in [-0.05, 0) is 38.3 Å². The fraction of sp³-hybridized carbons (Fsp3) is 0.529. The number of ether oxygens (including phenoxy) is 1. The fourth-order valence-corrected chi connectivity index (χ4v) is 2.73. The summed E-state index contributed by atoms with van der Waals surface area (Å²) in [6.45, 7) is 4.31. The van der Waals surface area contributed by atoms with Crippen LogP contribution in [0.4, 0.5) is 13.2 Å². The average Bonchev–Trinajstić information content (AvgIpc) is 2.53. The number of rotatable bonds is 4. The van der Waals surface area contributed by atoms with Gasteiger partial charge in [0.25, 0.3) is 5.91 Å². The molecular weight excluding hydrogens is 337 g/mol. The van der Waals surface area contributed by atoms with Crippen LogP contribution in [0.3, 0.4) is 0 Å². The molecule has 0 aromatic heterocycles. The van der Waals surface area contributed by atoms with Crippen molar-refractivity contribution in [3.8, 4) is 5.75 Å². The molecule has 0 bridgehead atoms. The van der Waals surface area contributed by atoms with Gasteiger partial charge in [0.2, 0.25) is 0 Å². The van der Waals surface area contributed by atoms with E-state index in [0.717, 1.165) is 11.1 Å². The summed E-state index contributed by atoms with van der Waals surface area (Å²) in [6, 6.07) is 5.08. The first kappa shape index (κ1) is 19.1. The van der Waals surface area contributed by atoms with E-state index >= 15 is 0 Å². The summed E-state index contributed by atoms with van der Waals surface area (Å²) in [5.41, 5.74) is 2.03. The summed E-state index contributed by atoms with van der Waals surface area (Å²) in [5, 5.41) is 1.96. The highest BCUT2D eigenvalue weighted by molar-refractivity contribution is 5.82. The topological polar surface area (TPSA) is 58.6 Å². The Morgan fingerprint density at radius 2 is 1.88 bits per heavy atom. The number of benzene rings is 1. The first-order valence-corrected chi connectivity index (χ1v) is 8.02. The van der Waals surface area contributed by atoms with Gasteiger partial charge in [0.05, 0.1) is 0 Å². The Bertz CT molecular complexity index is 639. The number of nitrogens with one attached hydrogen (secondary N) is 1. The molecule has 1 aliphatic rings. The van der Waals surface area contributed by atoms with E-state index in [0.29, 0.717) is 5.75 Å². The van der Waals surface area contributed by atoms with Crippen molar-refractivity contribution in [1.29, 1.82) is 0 Å². The number of halogens is 3. The van der Waals surface area contributed by atoms with Crippen molar-refractivity contribution in [3.05, 3.63) is 29.3 Å². The first-order chi connectivity index (χ1) is 11.7. The van der Waals surface area contributed by atoms with Gasteiger partial charge in [0.15, 0.2) is 6.61 Å². The molecule has 0 aliphatic carbocycles. The maximum Gasteiger partial charge on any atom is 0.471 e. The molecule has 1 saturated heterocycles. The van der Waals surface area contributed by atoms with E-state index < -0.39 is 18.1 Å². The van der Waals surface area contributed by atoms with Gasteiger partial charge in [-0.3, -0.25) is 9.59 Å². The highest BCUT2D eigenvalue weighted by Crippen LogP contribution is 2.20. The highest BCUT2D eigenvalue weighted by Gasteiger charge is 2.40. The minimum atomic E-state index is -4.88. The van der Waals surface area contributed by atoms with Crippen LogP contribution in [0, 0.1) is 13.8 Å². The molecule has 1 N–H and O–H groups in total. The Morgan fingerprint density at radius 3 is 2.44 bits per heavy atom. The Hall–Kier alpha value is -2.25.